The minimum absolute atomic E-state index is 0.526. The Hall–Kier alpha value is -5.72. The minimum Gasteiger partial charge on any atom is -0.292 e. The molecule has 45 heavy (non-hydrogen) atoms. The zero-order valence-corrected chi connectivity index (χ0v) is 25.4. The van der Waals surface area contributed by atoms with Crippen molar-refractivity contribution in [2.75, 3.05) is 0 Å². The van der Waals surface area contributed by atoms with Crippen LogP contribution in [0.5, 0.6) is 0 Å². The lowest BCUT2D eigenvalue weighted by molar-refractivity contribution is 1.03. The summed E-state index contributed by atoms with van der Waals surface area (Å²) in [5.74, 6) is 2.51. The van der Waals surface area contributed by atoms with Gasteiger partial charge in [-0.1, -0.05) is 110 Å². The van der Waals surface area contributed by atoms with Crippen molar-refractivity contribution in [2.24, 2.45) is 0 Å². The number of thiophene rings is 1. The molecule has 0 amide bonds. The van der Waals surface area contributed by atoms with Gasteiger partial charge in [0.2, 0.25) is 0 Å². The topological polar surface area (TPSA) is 56.5 Å². The highest BCUT2D eigenvalue weighted by Gasteiger charge is 2.19. The van der Waals surface area contributed by atoms with Crippen LogP contribution in [0.1, 0.15) is 12.7 Å². The SMILES string of the molecule is C=C(/C=C\C=C/C)c1nc(-c2ccccc2)nc(-c2ccc(-n3c4ccccc4c4ccc5c6ccccc6sc5c43)nc2)n1. The molecule has 6 heteroatoms. The van der Waals surface area contributed by atoms with Crippen LogP contribution in [0.2, 0.25) is 0 Å². The van der Waals surface area contributed by atoms with Crippen molar-refractivity contribution in [3.63, 3.8) is 0 Å². The fourth-order valence-corrected chi connectivity index (χ4v) is 7.08. The normalized spacial score (nSPS) is 12.0. The Balaban J connectivity index is 1.29. The van der Waals surface area contributed by atoms with Crippen molar-refractivity contribution in [3.8, 4) is 28.6 Å². The van der Waals surface area contributed by atoms with E-state index in [1.54, 1.807) is 0 Å². The molecule has 0 spiro atoms. The molecule has 4 aromatic carbocycles. The molecule has 0 saturated carbocycles. The molecule has 0 radical (unpaired) electrons. The molecule has 0 aliphatic rings. The summed E-state index contributed by atoms with van der Waals surface area (Å²) in [6.45, 7) is 6.20. The molecule has 0 fully saturated rings. The lowest BCUT2D eigenvalue weighted by atomic mass is 10.1. The summed E-state index contributed by atoms with van der Waals surface area (Å²) in [6.07, 6.45) is 9.62. The first kappa shape index (κ1) is 26.9. The molecule has 0 unspecified atom stereocenters. The number of nitrogens with zero attached hydrogens (tertiary/aromatic N) is 5. The van der Waals surface area contributed by atoms with Crippen molar-refractivity contribution in [1.82, 2.24) is 24.5 Å². The van der Waals surface area contributed by atoms with Gasteiger partial charge in [0.15, 0.2) is 17.5 Å². The summed E-state index contributed by atoms with van der Waals surface area (Å²) in [5.41, 5.74) is 4.72. The zero-order chi connectivity index (χ0) is 30.3. The van der Waals surface area contributed by atoms with Gasteiger partial charge in [0.05, 0.1) is 15.7 Å². The van der Waals surface area contributed by atoms with Crippen LogP contribution in [0, 0.1) is 0 Å². The van der Waals surface area contributed by atoms with Crippen LogP contribution in [0.4, 0.5) is 0 Å². The van der Waals surface area contributed by atoms with Crippen molar-refractivity contribution < 1.29 is 0 Å². The maximum Gasteiger partial charge on any atom is 0.165 e. The Morgan fingerprint density at radius 1 is 0.689 bits per heavy atom. The molecule has 4 aromatic heterocycles. The Bertz CT molecular complexity index is 2450. The lowest BCUT2D eigenvalue weighted by Crippen LogP contribution is -2.03. The summed E-state index contributed by atoms with van der Waals surface area (Å²) in [5, 5.41) is 4.96. The molecule has 0 bridgehead atoms. The van der Waals surface area contributed by atoms with Crippen LogP contribution < -0.4 is 0 Å². The third-order valence-electron chi connectivity index (χ3n) is 7.97. The Morgan fingerprint density at radius 3 is 2.22 bits per heavy atom. The Kier molecular flexibility index (Phi) is 6.62. The third-order valence-corrected chi connectivity index (χ3v) is 9.16. The van der Waals surface area contributed by atoms with Gasteiger partial charge in [-0.15, -0.1) is 11.3 Å². The van der Waals surface area contributed by atoms with E-state index >= 15 is 0 Å². The zero-order valence-electron chi connectivity index (χ0n) is 24.6. The van der Waals surface area contributed by atoms with E-state index in [-0.39, 0.29) is 0 Å². The fraction of sp³-hybridized carbons (Fsp3) is 0.0256. The highest BCUT2D eigenvalue weighted by Crippen LogP contribution is 2.42. The van der Waals surface area contributed by atoms with Gasteiger partial charge in [-0.25, -0.2) is 19.9 Å². The van der Waals surface area contributed by atoms with Crippen molar-refractivity contribution >= 4 is 58.9 Å². The van der Waals surface area contributed by atoms with Crippen molar-refractivity contribution in [1.29, 1.82) is 0 Å². The predicted molar refractivity (Wildman–Crippen MR) is 189 cm³/mol. The number of allylic oxidation sites excluding steroid dienone is 5. The predicted octanol–water partition coefficient (Wildman–Crippen LogP) is 10.2. The van der Waals surface area contributed by atoms with Crippen molar-refractivity contribution in [2.45, 2.75) is 6.92 Å². The summed E-state index contributed by atoms with van der Waals surface area (Å²) in [4.78, 5) is 19.5. The molecule has 8 rings (SSSR count). The smallest absolute Gasteiger partial charge is 0.165 e. The first-order valence-electron chi connectivity index (χ1n) is 14.8. The molecule has 0 aliphatic heterocycles. The molecule has 0 atom stereocenters. The van der Waals surface area contributed by atoms with E-state index in [2.05, 4.69) is 77.9 Å². The number of rotatable bonds is 6. The van der Waals surface area contributed by atoms with E-state index in [1.165, 1.54) is 36.5 Å². The molecule has 0 aliphatic carbocycles. The molecular weight excluding hydrogens is 571 g/mol. The van der Waals surface area contributed by atoms with Crippen LogP contribution in [-0.2, 0) is 0 Å². The lowest BCUT2D eigenvalue weighted by Gasteiger charge is -2.10. The second-order valence-corrected chi connectivity index (χ2v) is 11.8. The minimum atomic E-state index is 0.526. The van der Waals surface area contributed by atoms with Gasteiger partial charge in [0.1, 0.15) is 5.82 Å². The first-order valence-corrected chi connectivity index (χ1v) is 15.6. The van der Waals surface area contributed by atoms with Crippen LogP contribution in [-0.4, -0.2) is 24.5 Å². The second kappa shape index (κ2) is 11.1. The van der Waals surface area contributed by atoms with Gasteiger partial charge in [0, 0.05) is 49.1 Å². The van der Waals surface area contributed by atoms with Crippen molar-refractivity contribution in [3.05, 3.63) is 146 Å². The van der Waals surface area contributed by atoms with Crippen LogP contribution >= 0.6 is 11.3 Å². The quantitative estimate of drug-likeness (QED) is 0.179. The number of hydrogen-bond donors (Lipinski definition) is 0. The second-order valence-electron chi connectivity index (χ2n) is 10.8. The van der Waals surface area contributed by atoms with E-state index in [4.69, 9.17) is 19.9 Å². The van der Waals surface area contributed by atoms with Gasteiger partial charge in [-0.2, -0.15) is 0 Å². The highest BCUT2D eigenvalue weighted by atomic mass is 32.1. The number of pyridine rings is 1. The van der Waals surface area contributed by atoms with Crippen LogP contribution in [0.25, 0.3) is 76.1 Å². The van der Waals surface area contributed by atoms with E-state index in [1.807, 2.05) is 85.2 Å². The molecule has 0 N–H and O–H groups in total. The fourth-order valence-electron chi connectivity index (χ4n) is 5.84. The summed E-state index contributed by atoms with van der Waals surface area (Å²) < 4.78 is 4.82. The Morgan fingerprint density at radius 2 is 1.42 bits per heavy atom. The molecule has 5 nitrogen and oxygen atoms in total. The molecule has 214 valence electrons. The average molecular weight is 598 g/mol. The van der Waals surface area contributed by atoms with E-state index in [9.17, 15) is 0 Å². The van der Waals surface area contributed by atoms with Gasteiger partial charge in [-0.3, -0.25) is 4.57 Å². The number of hydrogen-bond acceptors (Lipinski definition) is 5. The summed E-state index contributed by atoms with van der Waals surface area (Å²) in [6, 6.07) is 35.7. The van der Waals surface area contributed by atoms with Crippen LogP contribution in [0.15, 0.2) is 140 Å². The van der Waals surface area contributed by atoms with Crippen LogP contribution in [0.3, 0.4) is 0 Å². The van der Waals surface area contributed by atoms with Gasteiger partial charge in [-0.05, 0) is 31.2 Å². The third kappa shape index (κ3) is 4.63. The maximum atomic E-state index is 5.02. The monoisotopic (exact) mass is 597 g/mol. The van der Waals surface area contributed by atoms with Gasteiger partial charge >= 0.3 is 0 Å². The molecule has 0 saturated heterocycles. The number of aromatic nitrogens is 5. The van der Waals surface area contributed by atoms with E-state index < -0.39 is 0 Å². The highest BCUT2D eigenvalue weighted by molar-refractivity contribution is 7.26. The first-order chi connectivity index (χ1) is 22.2. The standard InChI is InChI=1S/C39H27N5S/c1-3-4-6-13-25(2)37-41-38(26-14-7-5-8-15-26)43-39(42-37)27-20-23-34(40-24-27)44-32-18-11-9-16-28(32)30-21-22-31-29-17-10-12-19-33(29)45-36(31)35(30)44/h3-24H,2H2,1H3/b4-3-,13-6-. The molecule has 8 aromatic rings. The van der Waals surface area contributed by atoms with E-state index in [0.29, 0.717) is 23.0 Å². The Labute approximate surface area is 264 Å². The summed E-state index contributed by atoms with van der Waals surface area (Å²) in [7, 11) is 0. The van der Waals surface area contributed by atoms with E-state index in [0.717, 1.165) is 22.5 Å². The number of para-hydroxylation sites is 1. The maximum absolute atomic E-state index is 5.02. The summed E-state index contributed by atoms with van der Waals surface area (Å²) >= 11 is 1.83. The molecule has 4 heterocycles. The average Bonchev–Trinajstić information content (AvgIpc) is 3.65. The number of fused-ring (bicyclic) bond motifs is 7. The largest absolute Gasteiger partial charge is 0.292 e. The number of benzene rings is 4. The molecular formula is C39H27N5S. The van der Waals surface area contributed by atoms with Gasteiger partial charge < -0.3 is 0 Å². The van der Waals surface area contributed by atoms with Gasteiger partial charge in [0.25, 0.3) is 0 Å².